The van der Waals surface area contributed by atoms with Gasteiger partial charge in [-0.2, -0.15) is 0 Å². The maximum Gasteiger partial charge on any atom is 0.328 e. The molecule has 0 aliphatic carbocycles. The molecular formula is C38H56O11. The third-order valence-corrected chi connectivity index (χ3v) is 9.27. The Hall–Kier alpha value is -3.54. The van der Waals surface area contributed by atoms with E-state index in [1.807, 2.05) is 19.1 Å². The molecule has 49 heavy (non-hydrogen) atoms. The molecule has 0 bridgehead atoms. The fraction of sp³-hybridized carbons (Fsp3) is 0.632. The highest BCUT2D eigenvalue weighted by molar-refractivity contribution is 5.81. The Morgan fingerprint density at radius 1 is 0.898 bits per heavy atom. The fourth-order valence-electron chi connectivity index (χ4n) is 6.23. The van der Waals surface area contributed by atoms with Crippen molar-refractivity contribution in [3.63, 3.8) is 0 Å². The molecular weight excluding hydrogens is 632 g/mol. The number of aliphatic hydroxyl groups is 1. The molecule has 2 fully saturated rings. The quantitative estimate of drug-likeness (QED) is 0.0452. The van der Waals surface area contributed by atoms with Crippen molar-refractivity contribution in [3.8, 4) is 0 Å². The molecule has 2 rings (SSSR count). The highest BCUT2D eigenvalue weighted by Gasteiger charge is 2.56. The molecule has 11 nitrogen and oxygen atoms in total. The Labute approximate surface area is 290 Å². The first-order valence-electron chi connectivity index (χ1n) is 17.4. The Balaban J connectivity index is 2.32. The number of hydrogen-bond acceptors (Lipinski definition) is 8. The number of carboxylic acids is 3. The van der Waals surface area contributed by atoms with Crippen LogP contribution in [-0.2, 0) is 33.4 Å². The molecule has 0 saturated carbocycles. The van der Waals surface area contributed by atoms with Crippen LogP contribution in [0.1, 0.15) is 112 Å². The van der Waals surface area contributed by atoms with Crippen molar-refractivity contribution >= 4 is 23.9 Å². The molecule has 0 radical (unpaired) electrons. The van der Waals surface area contributed by atoms with Crippen LogP contribution in [0.5, 0.6) is 0 Å². The standard InChI is InChI=1S/C38H56O11/c1-6-7-8-9-21-37(32(16-12-27(3)25-35(44)45)47-36(46)19-18-34(42)43)23-24-38(49-37)22-20-29(5)31(48-38)15-11-26(2)10-14-30(39)28(4)13-17-33(40)41/h10-14,16-17,25,28-32,39H,6-9,15,18-24H2,1-5H3,(H,40,41)(H,42,43)(H,44,45)/b14-10+,16-12+,17-13+,26-11+,27-25?/t28-,29-,30-,31+,32-,37+,38-/m0/s1. The number of ether oxygens (including phenoxy) is 3. The van der Waals surface area contributed by atoms with E-state index in [2.05, 4.69) is 13.8 Å². The molecule has 2 aliphatic heterocycles. The van der Waals surface area contributed by atoms with Gasteiger partial charge in [0, 0.05) is 30.9 Å². The highest BCUT2D eigenvalue weighted by Crippen LogP contribution is 2.51. The third kappa shape index (κ3) is 14.5. The van der Waals surface area contributed by atoms with Crippen molar-refractivity contribution in [3.05, 3.63) is 59.8 Å². The van der Waals surface area contributed by atoms with Gasteiger partial charge in [0.15, 0.2) is 5.79 Å². The summed E-state index contributed by atoms with van der Waals surface area (Å²) in [7, 11) is 0. The largest absolute Gasteiger partial charge is 0.481 e. The first kappa shape index (κ1) is 41.6. The first-order chi connectivity index (χ1) is 23.1. The second-order valence-corrected chi connectivity index (χ2v) is 13.5. The average molecular weight is 689 g/mol. The molecule has 7 atom stereocenters. The summed E-state index contributed by atoms with van der Waals surface area (Å²) in [4.78, 5) is 46.1. The van der Waals surface area contributed by atoms with Gasteiger partial charge in [-0.15, -0.1) is 0 Å². The number of unbranched alkanes of at least 4 members (excludes halogenated alkanes) is 3. The van der Waals surface area contributed by atoms with Crippen LogP contribution < -0.4 is 0 Å². The van der Waals surface area contributed by atoms with Crippen LogP contribution in [0.3, 0.4) is 0 Å². The van der Waals surface area contributed by atoms with E-state index in [0.717, 1.165) is 49.8 Å². The zero-order chi connectivity index (χ0) is 36.6. The van der Waals surface area contributed by atoms with Crippen LogP contribution >= 0.6 is 0 Å². The summed E-state index contributed by atoms with van der Waals surface area (Å²) in [5, 5.41) is 37.6. The molecule has 2 aliphatic rings. The first-order valence-corrected chi connectivity index (χ1v) is 17.4. The van der Waals surface area contributed by atoms with Gasteiger partial charge in [-0.3, -0.25) is 9.59 Å². The highest BCUT2D eigenvalue weighted by atomic mass is 16.7. The van der Waals surface area contributed by atoms with Crippen LogP contribution in [0, 0.1) is 11.8 Å². The number of carbonyl (C=O) groups excluding carboxylic acids is 1. The van der Waals surface area contributed by atoms with E-state index in [0.29, 0.717) is 37.7 Å². The molecule has 4 N–H and O–H groups in total. The third-order valence-electron chi connectivity index (χ3n) is 9.27. The van der Waals surface area contributed by atoms with E-state index in [1.165, 1.54) is 6.08 Å². The molecule has 11 heteroatoms. The summed E-state index contributed by atoms with van der Waals surface area (Å²) in [6.07, 6.45) is 17.3. The van der Waals surface area contributed by atoms with E-state index < -0.39 is 47.5 Å². The Bertz CT molecular complexity index is 1280. The number of esters is 1. The van der Waals surface area contributed by atoms with Gasteiger partial charge in [0.05, 0.1) is 25.0 Å². The zero-order valence-electron chi connectivity index (χ0n) is 29.6. The lowest BCUT2D eigenvalue weighted by Crippen LogP contribution is -2.50. The second-order valence-electron chi connectivity index (χ2n) is 13.5. The number of carbonyl (C=O) groups is 4. The van der Waals surface area contributed by atoms with Crippen LogP contribution in [0.4, 0.5) is 0 Å². The predicted molar refractivity (Wildman–Crippen MR) is 185 cm³/mol. The zero-order valence-corrected chi connectivity index (χ0v) is 29.6. The normalized spacial score (nSPS) is 26.8. The molecule has 0 amide bonds. The van der Waals surface area contributed by atoms with Crippen LogP contribution in [0.15, 0.2) is 59.8 Å². The van der Waals surface area contributed by atoms with Crippen molar-refractivity contribution in [2.24, 2.45) is 11.8 Å². The molecule has 1 spiro atoms. The fourth-order valence-corrected chi connectivity index (χ4v) is 6.23. The summed E-state index contributed by atoms with van der Waals surface area (Å²) < 4.78 is 19.7. The Morgan fingerprint density at radius 3 is 2.27 bits per heavy atom. The monoisotopic (exact) mass is 688 g/mol. The van der Waals surface area contributed by atoms with Gasteiger partial charge in [-0.25, -0.2) is 9.59 Å². The van der Waals surface area contributed by atoms with Gasteiger partial charge in [-0.05, 0) is 57.1 Å². The summed E-state index contributed by atoms with van der Waals surface area (Å²) in [6.45, 7) is 9.56. The Kier molecular flexibility index (Phi) is 17.2. The topological polar surface area (TPSA) is 177 Å². The summed E-state index contributed by atoms with van der Waals surface area (Å²) in [5.41, 5.74) is 0.421. The minimum absolute atomic E-state index is 0.164. The lowest BCUT2D eigenvalue weighted by molar-refractivity contribution is -0.308. The molecule has 0 unspecified atom stereocenters. The number of carboxylic acid groups (broad SMARTS) is 3. The van der Waals surface area contributed by atoms with Crippen molar-refractivity contribution in [2.75, 3.05) is 0 Å². The molecule has 0 aromatic carbocycles. The molecule has 2 heterocycles. The van der Waals surface area contributed by atoms with Crippen LogP contribution in [0.2, 0.25) is 0 Å². The van der Waals surface area contributed by atoms with Crippen molar-refractivity contribution in [2.45, 2.75) is 141 Å². The van der Waals surface area contributed by atoms with Gasteiger partial charge >= 0.3 is 23.9 Å². The minimum atomic E-state index is -1.11. The number of aliphatic hydroxyl groups excluding tert-OH is 1. The van der Waals surface area contributed by atoms with E-state index in [9.17, 15) is 29.4 Å². The van der Waals surface area contributed by atoms with Crippen LogP contribution in [-0.4, -0.2) is 74.0 Å². The lowest BCUT2D eigenvalue weighted by atomic mass is 9.85. The summed E-state index contributed by atoms with van der Waals surface area (Å²) in [5.74, 6) is -4.98. The van der Waals surface area contributed by atoms with Gasteiger partial charge in [0.2, 0.25) is 0 Å². The SMILES string of the molecule is CCCCCC[C@]1([C@H](/C=C/C(C)=CC(=O)O)OC(=O)CCC(=O)O)CC[C@]2(CC[C@H](C)[C@@H](C/C=C(C)/C=C/[C@H](O)[C@@H](C)/C=C/C(=O)O)O2)O1. The molecule has 0 aromatic rings. The molecule has 2 saturated heterocycles. The number of rotatable bonds is 20. The van der Waals surface area contributed by atoms with Gasteiger partial charge < -0.3 is 34.6 Å². The van der Waals surface area contributed by atoms with Gasteiger partial charge in [0.25, 0.3) is 0 Å². The van der Waals surface area contributed by atoms with E-state index in [-0.39, 0.29) is 30.8 Å². The number of hydrogen-bond donors (Lipinski definition) is 4. The smallest absolute Gasteiger partial charge is 0.328 e. The number of aliphatic carboxylic acids is 3. The maximum absolute atomic E-state index is 12.9. The number of allylic oxidation sites excluding steroid dienone is 4. The lowest BCUT2D eigenvalue weighted by Gasteiger charge is -2.44. The van der Waals surface area contributed by atoms with Crippen LogP contribution in [0.25, 0.3) is 0 Å². The van der Waals surface area contributed by atoms with Crippen molar-refractivity contribution in [1.82, 2.24) is 0 Å². The molecule has 0 aromatic heterocycles. The van der Waals surface area contributed by atoms with E-state index in [4.69, 9.17) is 24.4 Å². The van der Waals surface area contributed by atoms with E-state index >= 15 is 0 Å². The average Bonchev–Trinajstić information content (AvgIpc) is 3.40. The van der Waals surface area contributed by atoms with Gasteiger partial charge in [0.1, 0.15) is 11.7 Å². The molecule has 274 valence electrons. The van der Waals surface area contributed by atoms with E-state index in [1.54, 1.807) is 32.1 Å². The van der Waals surface area contributed by atoms with Crippen molar-refractivity contribution in [1.29, 1.82) is 0 Å². The minimum Gasteiger partial charge on any atom is -0.481 e. The Morgan fingerprint density at radius 2 is 1.61 bits per heavy atom. The summed E-state index contributed by atoms with van der Waals surface area (Å²) >= 11 is 0. The van der Waals surface area contributed by atoms with Crippen molar-refractivity contribution < 1.29 is 53.8 Å². The van der Waals surface area contributed by atoms with Gasteiger partial charge in [-0.1, -0.05) is 82.4 Å². The predicted octanol–water partition coefficient (Wildman–Crippen LogP) is 6.91. The maximum atomic E-state index is 12.9. The second kappa shape index (κ2) is 20.2. The summed E-state index contributed by atoms with van der Waals surface area (Å²) in [6, 6.07) is 0.